The molecule has 0 unspecified atom stereocenters. The van der Waals surface area contributed by atoms with E-state index in [-0.39, 0.29) is 0 Å². The zero-order chi connectivity index (χ0) is 12.5. The van der Waals surface area contributed by atoms with Gasteiger partial charge in [-0.05, 0) is 34.1 Å². The summed E-state index contributed by atoms with van der Waals surface area (Å²) >= 11 is 6.84. The number of benzene rings is 1. The van der Waals surface area contributed by atoms with Gasteiger partial charge in [0.25, 0.3) is 5.89 Å². The summed E-state index contributed by atoms with van der Waals surface area (Å²) in [5.74, 6) is 1.25. The molecular formula is C10H5Br2N5O. The third-order valence-electron chi connectivity index (χ3n) is 2.21. The molecule has 90 valence electrons. The SMILES string of the molecule is Brc1ccc(Br)c(-c2nc(-c3ncn[nH]3)no2)c1. The van der Waals surface area contributed by atoms with Crippen LogP contribution in [-0.4, -0.2) is 25.3 Å². The van der Waals surface area contributed by atoms with Gasteiger partial charge in [0.1, 0.15) is 6.33 Å². The maximum Gasteiger partial charge on any atom is 0.259 e. The van der Waals surface area contributed by atoms with Crippen molar-refractivity contribution in [2.24, 2.45) is 0 Å². The lowest BCUT2D eigenvalue weighted by molar-refractivity contribution is 0.431. The summed E-state index contributed by atoms with van der Waals surface area (Å²) < 4.78 is 7.01. The smallest absolute Gasteiger partial charge is 0.259 e. The fourth-order valence-electron chi connectivity index (χ4n) is 1.40. The van der Waals surface area contributed by atoms with Crippen LogP contribution in [0.15, 0.2) is 38.0 Å². The van der Waals surface area contributed by atoms with Gasteiger partial charge in [0.2, 0.25) is 5.82 Å². The predicted octanol–water partition coefficient (Wildman–Crippen LogP) is 3.05. The number of nitrogens with zero attached hydrogens (tertiary/aromatic N) is 4. The first-order valence-corrected chi connectivity index (χ1v) is 6.47. The first-order chi connectivity index (χ1) is 8.74. The normalized spacial score (nSPS) is 10.8. The van der Waals surface area contributed by atoms with Crippen molar-refractivity contribution in [2.75, 3.05) is 0 Å². The summed E-state index contributed by atoms with van der Waals surface area (Å²) in [6.07, 6.45) is 1.39. The van der Waals surface area contributed by atoms with Gasteiger partial charge >= 0.3 is 0 Å². The van der Waals surface area contributed by atoms with Crippen LogP contribution in [0.2, 0.25) is 0 Å². The highest BCUT2D eigenvalue weighted by Gasteiger charge is 2.14. The summed E-state index contributed by atoms with van der Waals surface area (Å²) in [7, 11) is 0. The van der Waals surface area contributed by atoms with Crippen LogP contribution in [-0.2, 0) is 0 Å². The lowest BCUT2D eigenvalue weighted by Crippen LogP contribution is -1.84. The van der Waals surface area contributed by atoms with E-state index in [4.69, 9.17) is 4.52 Å². The first kappa shape index (κ1) is 11.5. The minimum absolute atomic E-state index is 0.370. The second-order valence-electron chi connectivity index (χ2n) is 3.38. The van der Waals surface area contributed by atoms with E-state index in [1.165, 1.54) is 6.33 Å². The fraction of sp³-hybridized carbons (Fsp3) is 0. The Morgan fingerprint density at radius 3 is 2.89 bits per heavy atom. The molecule has 2 aromatic heterocycles. The van der Waals surface area contributed by atoms with Gasteiger partial charge < -0.3 is 4.52 Å². The van der Waals surface area contributed by atoms with E-state index in [0.717, 1.165) is 14.5 Å². The van der Waals surface area contributed by atoms with Crippen LogP contribution < -0.4 is 0 Å². The van der Waals surface area contributed by atoms with Gasteiger partial charge in [-0.1, -0.05) is 21.1 Å². The number of hydrogen-bond acceptors (Lipinski definition) is 5. The lowest BCUT2D eigenvalue weighted by Gasteiger charge is -1.98. The van der Waals surface area contributed by atoms with Crippen LogP contribution in [0, 0.1) is 0 Å². The molecule has 1 N–H and O–H groups in total. The second kappa shape index (κ2) is 4.62. The molecular weight excluding hydrogens is 366 g/mol. The van der Waals surface area contributed by atoms with Gasteiger partial charge in [0, 0.05) is 8.95 Å². The molecule has 0 saturated carbocycles. The van der Waals surface area contributed by atoms with Gasteiger partial charge in [-0.2, -0.15) is 10.1 Å². The predicted molar refractivity (Wildman–Crippen MR) is 70.5 cm³/mol. The minimum atomic E-state index is 0.370. The van der Waals surface area contributed by atoms with Crippen LogP contribution in [0.1, 0.15) is 0 Å². The molecule has 0 radical (unpaired) electrons. The third-order valence-corrected chi connectivity index (χ3v) is 3.40. The van der Waals surface area contributed by atoms with Crippen molar-refractivity contribution in [1.29, 1.82) is 0 Å². The Morgan fingerprint density at radius 2 is 2.11 bits per heavy atom. The molecule has 18 heavy (non-hydrogen) atoms. The van der Waals surface area contributed by atoms with E-state index in [2.05, 4.69) is 57.2 Å². The molecule has 1 aromatic carbocycles. The molecule has 0 aliphatic carbocycles. The molecule has 0 amide bonds. The van der Waals surface area contributed by atoms with Gasteiger partial charge in [-0.25, -0.2) is 4.98 Å². The van der Waals surface area contributed by atoms with E-state index in [9.17, 15) is 0 Å². The highest BCUT2D eigenvalue weighted by molar-refractivity contribution is 9.11. The maximum atomic E-state index is 5.21. The Kier molecular flexibility index (Phi) is 2.96. The zero-order valence-electron chi connectivity index (χ0n) is 8.76. The average Bonchev–Trinajstić information content (AvgIpc) is 3.00. The molecule has 0 bridgehead atoms. The van der Waals surface area contributed by atoms with Gasteiger partial charge in [0.05, 0.1) is 5.56 Å². The number of aromatic amines is 1. The summed E-state index contributed by atoms with van der Waals surface area (Å²) in [6.45, 7) is 0. The highest BCUT2D eigenvalue weighted by Crippen LogP contribution is 2.30. The van der Waals surface area contributed by atoms with Crippen LogP contribution >= 0.6 is 31.9 Å². The number of H-pyrrole nitrogens is 1. The van der Waals surface area contributed by atoms with Crippen molar-refractivity contribution in [1.82, 2.24) is 25.3 Å². The average molecular weight is 371 g/mol. The molecule has 0 saturated heterocycles. The molecule has 8 heteroatoms. The Bertz CT molecular complexity index is 679. The van der Waals surface area contributed by atoms with Gasteiger partial charge in [-0.3, -0.25) is 5.10 Å². The summed E-state index contributed by atoms with van der Waals surface area (Å²) in [5, 5.41) is 10.3. The Morgan fingerprint density at radius 1 is 1.22 bits per heavy atom. The van der Waals surface area contributed by atoms with Crippen molar-refractivity contribution >= 4 is 31.9 Å². The fourth-order valence-corrected chi connectivity index (χ4v) is 2.18. The molecule has 0 atom stereocenters. The van der Waals surface area contributed by atoms with E-state index in [1.54, 1.807) is 0 Å². The van der Waals surface area contributed by atoms with Crippen molar-refractivity contribution in [3.8, 4) is 23.1 Å². The van der Waals surface area contributed by atoms with Crippen molar-refractivity contribution in [3.63, 3.8) is 0 Å². The lowest BCUT2D eigenvalue weighted by atomic mass is 10.2. The second-order valence-corrected chi connectivity index (χ2v) is 5.15. The van der Waals surface area contributed by atoms with Crippen molar-refractivity contribution in [2.45, 2.75) is 0 Å². The monoisotopic (exact) mass is 369 g/mol. The maximum absolute atomic E-state index is 5.21. The van der Waals surface area contributed by atoms with Crippen LogP contribution in [0.5, 0.6) is 0 Å². The van der Waals surface area contributed by atoms with Crippen molar-refractivity contribution < 1.29 is 4.52 Å². The quantitative estimate of drug-likeness (QED) is 0.749. The third kappa shape index (κ3) is 2.08. The zero-order valence-corrected chi connectivity index (χ0v) is 11.9. The number of hydrogen-bond donors (Lipinski definition) is 1. The van der Waals surface area contributed by atoms with Gasteiger partial charge in [0.15, 0.2) is 5.82 Å². The van der Waals surface area contributed by atoms with Crippen LogP contribution in [0.4, 0.5) is 0 Å². The number of nitrogens with one attached hydrogen (secondary N) is 1. The van der Waals surface area contributed by atoms with Crippen LogP contribution in [0.3, 0.4) is 0 Å². The molecule has 3 rings (SSSR count). The molecule has 2 heterocycles. The first-order valence-electron chi connectivity index (χ1n) is 4.89. The van der Waals surface area contributed by atoms with Crippen molar-refractivity contribution in [3.05, 3.63) is 33.5 Å². The molecule has 0 aliphatic rings. The Labute approximate surface area is 118 Å². The number of halogens is 2. The number of rotatable bonds is 2. The molecule has 3 aromatic rings. The number of aromatic nitrogens is 5. The molecule has 0 aliphatic heterocycles. The Balaban J connectivity index is 2.05. The van der Waals surface area contributed by atoms with E-state index in [1.807, 2.05) is 18.2 Å². The van der Waals surface area contributed by atoms with Crippen LogP contribution in [0.25, 0.3) is 23.1 Å². The highest BCUT2D eigenvalue weighted by atomic mass is 79.9. The summed E-state index contributed by atoms with van der Waals surface area (Å²) in [6, 6.07) is 5.71. The van der Waals surface area contributed by atoms with Gasteiger partial charge in [-0.15, -0.1) is 0 Å². The summed E-state index contributed by atoms with van der Waals surface area (Å²) in [5.41, 5.74) is 0.808. The Hall–Kier alpha value is -1.54. The molecule has 6 nitrogen and oxygen atoms in total. The topological polar surface area (TPSA) is 80.5 Å². The molecule has 0 fully saturated rings. The van der Waals surface area contributed by atoms with E-state index in [0.29, 0.717) is 17.5 Å². The standard InChI is InChI=1S/C10H5Br2N5O/c11-5-1-2-7(12)6(3-5)10-15-9(17-18-10)8-13-4-14-16-8/h1-4H,(H,13,14,16). The van der Waals surface area contributed by atoms with E-state index >= 15 is 0 Å². The van der Waals surface area contributed by atoms with E-state index < -0.39 is 0 Å². The largest absolute Gasteiger partial charge is 0.333 e. The minimum Gasteiger partial charge on any atom is -0.333 e. The summed E-state index contributed by atoms with van der Waals surface area (Å²) in [4.78, 5) is 8.22. The molecule has 0 spiro atoms.